The van der Waals surface area contributed by atoms with E-state index in [1.807, 2.05) is 4.90 Å². The van der Waals surface area contributed by atoms with Crippen molar-refractivity contribution >= 4 is 11.9 Å². The topological polar surface area (TPSA) is 78.9 Å². The summed E-state index contributed by atoms with van der Waals surface area (Å²) in [7, 11) is 0. The van der Waals surface area contributed by atoms with Crippen LogP contribution in [0.25, 0.3) is 0 Å². The van der Waals surface area contributed by atoms with Crippen molar-refractivity contribution in [2.24, 2.45) is 10.7 Å². The van der Waals surface area contributed by atoms with E-state index in [0.717, 1.165) is 44.3 Å². The van der Waals surface area contributed by atoms with Gasteiger partial charge in [-0.05, 0) is 19.3 Å². The van der Waals surface area contributed by atoms with Gasteiger partial charge in [0.25, 0.3) is 0 Å². The highest BCUT2D eigenvalue weighted by Gasteiger charge is 2.35. The molecule has 5 nitrogen and oxygen atoms in total. The van der Waals surface area contributed by atoms with E-state index >= 15 is 0 Å². The van der Waals surface area contributed by atoms with Crippen LogP contribution in [0.3, 0.4) is 0 Å². The maximum atomic E-state index is 11.6. The first kappa shape index (κ1) is 16.8. The number of fused-ring (bicyclic) bond motifs is 1. The molecule has 0 spiro atoms. The number of rotatable bonds is 9. The van der Waals surface area contributed by atoms with Crippen LogP contribution >= 0.6 is 0 Å². The van der Waals surface area contributed by atoms with Crippen LogP contribution in [0.15, 0.2) is 16.3 Å². The molecule has 0 aliphatic carbocycles. The number of guanidine groups is 1. The third kappa shape index (κ3) is 4.02. The molecule has 1 unspecified atom stereocenters. The molecule has 1 atom stereocenters. The normalized spacial score (nSPS) is 21.0. The summed E-state index contributed by atoms with van der Waals surface area (Å²) in [6.07, 6.45) is 11.2. The molecule has 5 heteroatoms. The summed E-state index contributed by atoms with van der Waals surface area (Å²) in [4.78, 5) is 18.0. The van der Waals surface area contributed by atoms with Crippen molar-refractivity contribution in [3.8, 4) is 0 Å². The van der Waals surface area contributed by atoms with Gasteiger partial charge in [0.1, 0.15) is 0 Å². The minimum Gasteiger partial charge on any atom is -0.478 e. The Morgan fingerprint density at radius 1 is 1.27 bits per heavy atom. The van der Waals surface area contributed by atoms with E-state index < -0.39 is 5.97 Å². The van der Waals surface area contributed by atoms with Gasteiger partial charge in [0.15, 0.2) is 5.96 Å². The number of aliphatic carboxylic acids is 1. The lowest BCUT2D eigenvalue weighted by molar-refractivity contribution is -0.133. The number of hydrogen-bond acceptors (Lipinski definition) is 4. The molecular weight excluding hydrogens is 278 g/mol. The van der Waals surface area contributed by atoms with Gasteiger partial charge in [-0.15, -0.1) is 0 Å². The average molecular weight is 307 g/mol. The monoisotopic (exact) mass is 307 g/mol. The number of unbranched alkanes of at least 4 members (excludes halogenated alkanes) is 6. The lowest BCUT2D eigenvalue weighted by Crippen LogP contribution is -2.41. The van der Waals surface area contributed by atoms with Crippen LogP contribution in [-0.2, 0) is 4.79 Å². The maximum Gasteiger partial charge on any atom is 0.335 e. The fourth-order valence-electron chi connectivity index (χ4n) is 3.46. The second-order valence-electron chi connectivity index (χ2n) is 6.33. The fourth-order valence-corrected chi connectivity index (χ4v) is 3.46. The second-order valence-corrected chi connectivity index (χ2v) is 6.33. The number of carbonyl (C=O) groups is 1. The van der Waals surface area contributed by atoms with Crippen molar-refractivity contribution in [2.75, 3.05) is 6.54 Å². The minimum absolute atomic E-state index is 0.252. The van der Waals surface area contributed by atoms with Crippen molar-refractivity contribution in [1.29, 1.82) is 0 Å². The molecule has 2 aliphatic rings. The summed E-state index contributed by atoms with van der Waals surface area (Å²) < 4.78 is 0. The summed E-state index contributed by atoms with van der Waals surface area (Å²) in [5.74, 6) is -0.323. The molecule has 2 rings (SSSR count). The number of hydrogen-bond donors (Lipinski definition) is 2. The SMILES string of the molecule is CCCCCCCCCC1N=C(N)N2CCCC2=C1C(=O)O. The lowest BCUT2D eigenvalue weighted by atomic mass is 9.96. The third-order valence-electron chi connectivity index (χ3n) is 4.64. The molecule has 0 bridgehead atoms. The number of nitrogens with two attached hydrogens (primary N) is 1. The summed E-state index contributed by atoms with van der Waals surface area (Å²) in [5, 5.41) is 9.55. The predicted octanol–water partition coefficient (Wildman–Crippen LogP) is 3.26. The molecule has 0 aromatic rings. The van der Waals surface area contributed by atoms with Crippen molar-refractivity contribution in [2.45, 2.75) is 77.2 Å². The molecule has 0 aromatic heterocycles. The van der Waals surface area contributed by atoms with E-state index in [1.165, 1.54) is 32.1 Å². The van der Waals surface area contributed by atoms with Crippen molar-refractivity contribution in [1.82, 2.24) is 4.90 Å². The van der Waals surface area contributed by atoms with E-state index in [-0.39, 0.29) is 6.04 Å². The van der Waals surface area contributed by atoms with Gasteiger partial charge in [-0.3, -0.25) is 0 Å². The highest BCUT2D eigenvalue weighted by atomic mass is 16.4. The van der Waals surface area contributed by atoms with Crippen LogP contribution in [0.4, 0.5) is 0 Å². The molecule has 1 fully saturated rings. The number of nitrogens with zero attached hydrogens (tertiary/aromatic N) is 2. The number of carboxylic acids is 1. The molecule has 0 amide bonds. The Hall–Kier alpha value is -1.52. The van der Waals surface area contributed by atoms with Gasteiger partial charge >= 0.3 is 5.97 Å². The van der Waals surface area contributed by atoms with Gasteiger partial charge < -0.3 is 15.7 Å². The van der Waals surface area contributed by atoms with E-state index in [2.05, 4.69) is 11.9 Å². The first-order chi connectivity index (χ1) is 10.6. The Balaban J connectivity index is 1.86. The van der Waals surface area contributed by atoms with Gasteiger partial charge in [-0.1, -0.05) is 51.9 Å². The zero-order valence-electron chi connectivity index (χ0n) is 13.7. The molecular formula is C17H29N3O2. The van der Waals surface area contributed by atoms with Crippen LogP contribution in [0.2, 0.25) is 0 Å². The number of carboxylic acid groups (broad SMARTS) is 1. The Morgan fingerprint density at radius 2 is 1.95 bits per heavy atom. The predicted molar refractivity (Wildman–Crippen MR) is 88.6 cm³/mol. The Labute approximate surface area is 133 Å². The lowest BCUT2D eigenvalue weighted by Gasteiger charge is -2.29. The summed E-state index contributed by atoms with van der Waals surface area (Å²) >= 11 is 0. The first-order valence-electron chi connectivity index (χ1n) is 8.72. The molecule has 1 saturated heterocycles. The van der Waals surface area contributed by atoms with Gasteiger partial charge in [0, 0.05) is 12.2 Å². The third-order valence-corrected chi connectivity index (χ3v) is 4.64. The Kier molecular flexibility index (Phi) is 6.28. The minimum atomic E-state index is -0.828. The van der Waals surface area contributed by atoms with E-state index in [1.54, 1.807) is 0 Å². The Morgan fingerprint density at radius 3 is 2.64 bits per heavy atom. The largest absolute Gasteiger partial charge is 0.478 e. The smallest absolute Gasteiger partial charge is 0.335 e. The number of allylic oxidation sites excluding steroid dienone is 1. The van der Waals surface area contributed by atoms with Crippen LogP contribution in [0.1, 0.15) is 71.1 Å². The molecule has 2 heterocycles. The molecule has 0 saturated carbocycles. The standard InChI is InChI=1S/C17H29N3O2/c1-2-3-4-5-6-7-8-10-13-15(16(21)22)14-11-9-12-20(14)17(18)19-13/h13H,2-12H2,1H3,(H2,18,19)(H,21,22). The average Bonchev–Trinajstić information content (AvgIpc) is 2.95. The maximum absolute atomic E-state index is 11.6. The van der Waals surface area contributed by atoms with E-state index in [9.17, 15) is 9.90 Å². The van der Waals surface area contributed by atoms with Crippen molar-refractivity contribution in [3.63, 3.8) is 0 Å². The molecule has 3 N–H and O–H groups in total. The van der Waals surface area contributed by atoms with E-state index in [0.29, 0.717) is 11.5 Å². The van der Waals surface area contributed by atoms with Crippen molar-refractivity contribution in [3.05, 3.63) is 11.3 Å². The molecule has 0 aromatic carbocycles. The van der Waals surface area contributed by atoms with Gasteiger partial charge in [-0.25, -0.2) is 9.79 Å². The molecule has 124 valence electrons. The highest BCUT2D eigenvalue weighted by Crippen LogP contribution is 2.32. The van der Waals surface area contributed by atoms with Crippen LogP contribution in [0, 0.1) is 0 Å². The first-order valence-corrected chi connectivity index (χ1v) is 8.72. The van der Waals surface area contributed by atoms with Crippen LogP contribution in [0.5, 0.6) is 0 Å². The zero-order chi connectivity index (χ0) is 15.9. The quantitative estimate of drug-likeness (QED) is 0.641. The second kappa shape index (κ2) is 8.20. The van der Waals surface area contributed by atoms with Crippen LogP contribution in [-0.4, -0.2) is 34.5 Å². The fraction of sp³-hybridized carbons (Fsp3) is 0.765. The highest BCUT2D eigenvalue weighted by molar-refractivity contribution is 5.93. The summed E-state index contributed by atoms with van der Waals surface area (Å²) in [6.45, 7) is 3.02. The van der Waals surface area contributed by atoms with Gasteiger partial charge in [0.2, 0.25) is 0 Å². The Bertz CT molecular complexity index is 457. The molecule has 0 radical (unpaired) electrons. The summed E-state index contributed by atoms with van der Waals surface area (Å²) in [6, 6.07) is -0.252. The molecule has 2 aliphatic heterocycles. The van der Waals surface area contributed by atoms with Gasteiger partial charge in [-0.2, -0.15) is 0 Å². The summed E-state index contributed by atoms with van der Waals surface area (Å²) in [5.41, 5.74) is 7.39. The van der Waals surface area contributed by atoms with Crippen LogP contribution < -0.4 is 5.73 Å². The zero-order valence-corrected chi connectivity index (χ0v) is 13.7. The molecule has 22 heavy (non-hydrogen) atoms. The number of aliphatic imine (C=N–C) groups is 1. The van der Waals surface area contributed by atoms with Crippen molar-refractivity contribution < 1.29 is 9.90 Å². The van der Waals surface area contributed by atoms with Gasteiger partial charge in [0.05, 0.1) is 11.6 Å². The van der Waals surface area contributed by atoms with E-state index in [4.69, 9.17) is 5.73 Å².